The molecular weight excluding hydrogens is 188 g/mol. The zero-order chi connectivity index (χ0) is 10.8. The Bertz CT molecular complexity index is 345. The molecule has 1 aliphatic rings. The SMILES string of the molecule is CCC1C(C)C1OC(=O)c1ccccc1. The third-order valence-electron chi connectivity index (χ3n) is 3.20. The summed E-state index contributed by atoms with van der Waals surface area (Å²) in [5.74, 6) is 0.906. The highest BCUT2D eigenvalue weighted by molar-refractivity contribution is 5.89. The van der Waals surface area contributed by atoms with Crippen LogP contribution in [-0.4, -0.2) is 12.1 Å². The molecule has 2 rings (SSSR count). The van der Waals surface area contributed by atoms with E-state index < -0.39 is 0 Å². The summed E-state index contributed by atoms with van der Waals surface area (Å²) < 4.78 is 5.42. The van der Waals surface area contributed by atoms with Gasteiger partial charge in [-0.3, -0.25) is 0 Å². The van der Waals surface area contributed by atoms with E-state index in [2.05, 4.69) is 13.8 Å². The Balaban J connectivity index is 1.95. The topological polar surface area (TPSA) is 26.3 Å². The van der Waals surface area contributed by atoms with Crippen LogP contribution >= 0.6 is 0 Å². The number of carbonyl (C=O) groups excluding carboxylic acids is 1. The summed E-state index contributed by atoms with van der Waals surface area (Å²) in [6.07, 6.45) is 1.23. The van der Waals surface area contributed by atoms with Gasteiger partial charge in [-0.05, 0) is 24.5 Å². The Hall–Kier alpha value is -1.31. The zero-order valence-electron chi connectivity index (χ0n) is 9.14. The van der Waals surface area contributed by atoms with E-state index in [9.17, 15) is 4.79 Å². The molecule has 0 radical (unpaired) electrons. The van der Waals surface area contributed by atoms with E-state index in [0.29, 0.717) is 17.4 Å². The maximum absolute atomic E-state index is 11.7. The number of benzene rings is 1. The van der Waals surface area contributed by atoms with Crippen molar-refractivity contribution >= 4 is 5.97 Å². The molecule has 3 unspecified atom stereocenters. The van der Waals surface area contributed by atoms with E-state index in [1.807, 2.05) is 18.2 Å². The van der Waals surface area contributed by atoms with E-state index in [1.165, 1.54) is 0 Å². The molecule has 2 heteroatoms. The molecule has 15 heavy (non-hydrogen) atoms. The summed E-state index contributed by atoms with van der Waals surface area (Å²) in [6.45, 7) is 4.27. The van der Waals surface area contributed by atoms with Gasteiger partial charge in [0.2, 0.25) is 0 Å². The first-order chi connectivity index (χ1) is 7.24. The first kappa shape index (κ1) is 10.2. The van der Waals surface area contributed by atoms with Gasteiger partial charge >= 0.3 is 5.97 Å². The van der Waals surface area contributed by atoms with E-state index in [4.69, 9.17) is 4.74 Å². The van der Waals surface area contributed by atoms with Crippen molar-refractivity contribution in [2.75, 3.05) is 0 Å². The number of carbonyl (C=O) groups is 1. The van der Waals surface area contributed by atoms with Gasteiger partial charge in [-0.2, -0.15) is 0 Å². The maximum Gasteiger partial charge on any atom is 0.338 e. The second-order valence-corrected chi connectivity index (χ2v) is 4.17. The minimum Gasteiger partial charge on any atom is -0.458 e. The lowest BCUT2D eigenvalue weighted by molar-refractivity contribution is 0.0435. The lowest BCUT2D eigenvalue weighted by Gasteiger charge is -2.03. The third kappa shape index (κ3) is 2.04. The molecule has 1 aliphatic carbocycles. The van der Waals surface area contributed by atoms with Crippen LogP contribution < -0.4 is 0 Å². The molecule has 0 aliphatic heterocycles. The smallest absolute Gasteiger partial charge is 0.338 e. The van der Waals surface area contributed by atoms with Gasteiger partial charge in [-0.25, -0.2) is 4.79 Å². The molecule has 1 aromatic rings. The zero-order valence-corrected chi connectivity index (χ0v) is 9.14. The fourth-order valence-corrected chi connectivity index (χ4v) is 2.07. The standard InChI is InChI=1S/C13H16O2/c1-3-11-9(2)12(11)15-13(14)10-7-5-4-6-8-10/h4-9,11-12H,3H2,1-2H3. The van der Waals surface area contributed by atoms with Crippen molar-refractivity contribution in [2.24, 2.45) is 11.8 Å². The average molecular weight is 204 g/mol. The summed E-state index contributed by atoms with van der Waals surface area (Å²) >= 11 is 0. The molecule has 0 aromatic heterocycles. The molecule has 80 valence electrons. The first-order valence-corrected chi connectivity index (χ1v) is 5.50. The predicted molar refractivity (Wildman–Crippen MR) is 58.6 cm³/mol. The van der Waals surface area contributed by atoms with Crippen LogP contribution in [0.25, 0.3) is 0 Å². The third-order valence-corrected chi connectivity index (χ3v) is 3.20. The van der Waals surface area contributed by atoms with Gasteiger partial charge in [-0.15, -0.1) is 0 Å². The largest absolute Gasteiger partial charge is 0.458 e. The Morgan fingerprint density at radius 1 is 1.33 bits per heavy atom. The van der Waals surface area contributed by atoms with Crippen LogP contribution in [0, 0.1) is 11.8 Å². The molecule has 0 saturated heterocycles. The van der Waals surface area contributed by atoms with Gasteiger partial charge in [0.1, 0.15) is 6.10 Å². The Morgan fingerprint density at radius 2 is 2.00 bits per heavy atom. The Morgan fingerprint density at radius 3 is 2.53 bits per heavy atom. The summed E-state index contributed by atoms with van der Waals surface area (Å²) in [5, 5.41) is 0. The Labute approximate surface area is 90.3 Å². The van der Waals surface area contributed by atoms with Crippen LogP contribution in [-0.2, 0) is 4.74 Å². The number of rotatable bonds is 3. The number of esters is 1. The molecule has 0 bridgehead atoms. The first-order valence-electron chi connectivity index (χ1n) is 5.50. The average Bonchev–Trinajstić information content (AvgIpc) is 2.89. The van der Waals surface area contributed by atoms with Crippen LogP contribution in [0.15, 0.2) is 30.3 Å². The summed E-state index contributed by atoms with van der Waals surface area (Å²) in [7, 11) is 0. The molecule has 0 N–H and O–H groups in total. The minimum atomic E-state index is -0.191. The van der Waals surface area contributed by atoms with Gasteiger partial charge in [0.25, 0.3) is 0 Å². The lowest BCUT2D eigenvalue weighted by atomic mass is 10.2. The van der Waals surface area contributed by atoms with Crippen molar-refractivity contribution in [3.8, 4) is 0 Å². The summed E-state index contributed by atoms with van der Waals surface area (Å²) in [5.41, 5.74) is 0.645. The summed E-state index contributed by atoms with van der Waals surface area (Å²) in [4.78, 5) is 11.7. The van der Waals surface area contributed by atoms with Crippen LogP contribution in [0.1, 0.15) is 30.6 Å². The maximum atomic E-state index is 11.7. The van der Waals surface area contributed by atoms with Gasteiger partial charge < -0.3 is 4.74 Å². The van der Waals surface area contributed by atoms with Crippen LogP contribution in [0.5, 0.6) is 0 Å². The van der Waals surface area contributed by atoms with E-state index in [0.717, 1.165) is 6.42 Å². The second-order valence-electron chi connectivity index (χ2n) is 4.17. The van der Waals surface area contributed by atoms with Crippen molar-refractivity contribution < 1.29 is 9.53 Å². The molecular formula is C13H16O2. The quantitative estimate of drug-likeness (QED) is 0.708. The van der Waals surface area contributed by atoms with E-state index >= 15 is 0 Å². The molecule has 0 spiro atoms. The minimum absolute atomic E-state index is 0.141. The van der Waals surface area contributed by atoms with Crippen molar-refractivity contribution in [3.63, 3.8) is 0 Å². The molecule has 2 nitrogen and oxygen atoms in total. The van der Waals surface area contributed by atoms with Crippen molar-refractivity contribution in [1.82, 2.24) is 0 Å². The normalized spacial score (nSPS) is 28.5. The van der Waals surface area contributed by atoms with Crippen molar-refractivity contribution in [2.45, 2.75) is 26.4 Å². The fourth-order valence-electron chi connectivity index (χ4n) is 2.07. The molecule has 1 aromatic carbocycles. The predicted octanol–water partition coefficient (Wildman–Crippen LogP) is 2.89. The van der Waals surface area contributed by atoms with Crippen molar-refractivity contribution in [3.05, 3.63) is 35.9 Å². The second kappa shape index (κ2) is 4.05. The highest BCUT2D eigenvalue weighted by Crippen LogP contribution is 2.43. The molecule has 1 saturated carbocycles. The van der Waals surface area contributed by atoms with E-state index in [-0.39, 0.29) is 12.1 Å². The highest BCUT2D eigenvalue weighted by atomic mass is 16.5. The lowest BCUT2D eigenvalue weighted by Crippen LogP contribution is -2.08. The van der Waals surface area contributed by atoms with Gasteiger partial charge in [0.05, 0.1) is 5.56 Å². The van der Waals surface area contributed by atoms with Crippen LogP contribution in [0.3, 0.4) is 0 Å². The van der Waals surface area contributed by atoms with Gasteiger partial charge in [0, 0.05) is 5.92 Å². The van der Waals surface area contributed by atoms with Crippen LogP contribution in [0.2, 0.25) is 0 Å². The van der Waals surface area contributed by atoms with Crippen molar-refractivity contribution in [1.29, 1.82) is 0 Å². The number of ether oxygens (including phenoxy) is 1. The Kier molecular flexibility index (Phi) is 2.76. The monoisotopic (exact) mass is 204 g/mol. The number of hydrogen-bond donors (Lipinski definition) is 0. The summed E-state index contributed by atoms with van der Waals surface area (Å²) in [6, 6.07) is 9.17. The van der Waals surface area contributed by atoms with Gasteiger partial charge in [-0.1, -0.05) is 32.0 Å². The molecule has 0 amide bonds. The molecule has 0 heterocycles. The molecule has 3 atom stereocenters. The van der Waals surface area contributed by atoms with E-state index in [1.54, 1.807) is 12.1 Å². The molecule has 1 fully saturated rings. The van der Waals surface area contributed by atoms with Crippen LogP contribution in [0.4, 0.5) is 0 Å². The number of hydrogen-bond acceptors (Lipinski definition) is 2. The highest BCUT2D eigenvalue weighted by Gasteiger charge is 2.48. The fraction of sp³-hybridized carbons (Fsp3) is 0.462. The van der Waals surface area contributed by atoms with Gasteiger partial charge in [0.15, 0.2) is 0 Å².